The number of ether oxygens (including phenoxy) is 2. The molecule has 0 saturated carbocycles. The fourth-order valence-corrected chi connectivity index (χ4v) is 2.89. The molecule has 0 aliphatic heterocycles. The molecule has 0 fully saturated rings. The third kappa shape index (κ3) is 4.30. The average molecular weight is 402 g/mol. The van der Waals surface area contributed by atoms with Gasteiger partial charge in [0.15, 0.2) is 6.61 Å². The number of carbonyl (C=O) groups excluding carboxylic acids is 1. The van der Waals surface area contributed by atoms with Crippen molar-refractivity contribution in [2.45, 2.75) is 0 Å². The van der Waals surface area contributed by atoms with Gasteiger partial charge in [0.25, 0.3) is 5.91 Å². The fraction of sp³-hybridized carbons (Fsp3) is 0.0870. The van der Waals surface area contributed by atoms with E-state index in [9.17, 15) is 9.59 Å². The van der Waals surface area contributed by atoms with Gasteiger partial charge in [-0.05, 0) is 54.6 Å². The van der Waals surface area contributed by atoms with Crippen LogP contribution in [0.25, 0.3) is 22.4 Å². The van der Waals surface area contributed by atoms with E-state index in [4.69, 9.17) is 13.9 Å². The fourth-order valence-electron chi connectivity index (χ4n) is 2.89. The molecule has 0 unspecified atom stereocenters. The predicted molar refractivity (Wildman–Crippen MR) is 113 cm³/mol. The Morgan fingerprint density at radius 1 is 1.00 bits per heavy atom. The van der Waals surface area contributed by atoms with Crippen molar-refractivity contribution in [3.8, 4) is 23.0 Å². The lowest BCUT2D eigenvalue weighted by molar-refractivity contribution is -0.118. The maximum atomic E-state index is 12.2. The van der Waals surface area contributed by atoms with E-state index in [1.165, 1.54) is 0 Å². The topological polar surface area (TPSA) is 90.7 Å². The lowest BCUT2D eigenvalue weighted by Gasteiger charge is -2.09. The van der Waals surface area contributed by atoms with E-state index >= 15 is 0 Å². The van der Waals surface area contributed by atoms with Crippen LogP contribution in [0.5, 0.6) is 11.5 Å². The van der Waals surface area contributed by atoms with Crippen molar-refractivity contribution in [3.63, 3.8) is 0 Å². The summed E-state index contributed by atoms with van der Waals surface area (Å²) in [6.45, 7) is -0.153. The molecule has 7 nitrogen and oxygen atoms in total. The summed E-state index contributed by atoms with van der Waals surface area (Å²) < 4.78 is 15.9. The van der Waals surface area contributed by atoms with Crippen LogP contribution >= 0.6 is 0 Å². The molecule has 30 heavy (non-hydrogen) atoms. The minimum atomic E-state index is -0.460. The molecule has 1 N–H and O–H groups in total. The third-order valence-corrected chi connectivity index (χ3v) is 4.36. The number of benzene rings is 3. The first-order valence-corrected chi connectivity index (χ1v) is 9.19. The Balaban J connectivity index is 1.46. The first-order valence-electron chi connectivity index (χ1n) is 9.19. The van der Waals surface area contributed by atoms with Crippen molar-refractivity contribution in [2.75, 3.05) is 19.0 Å². The van der Waals surface area contributed by atoms with Gasteiger partial charge in [-0.2, -0.15) is 0 Å². The summed E-state index contributed by atoms with van der Waals surface area (Å²) >= 11 is 0. The van der Waals surface area contributed by atoms with Gasteiger partial charge in [-0.25, -0.2) is 9.78 Å². The first kappa shape index (κ1) is 19.2. The molecule has 4 aromatic rings. The van der Waals surface area contributed by atoms with Crippen LogP contribution in [0.3, 0.4) is 0 Å². The smallest absolute Gasteiger partial charge is 0.347 e. The summed E-state index contributed by atoms with van der Waals surface area (Å²) in [6.07, 6.45) is 0. The molecule has 0 radical (unpaired) electrons. The van der Waals surface area contributed by atoms with Crippen LogP contribution in [0.15, 0.2) is 82.0 Å². The number of carbonyl (C=O) groups is 1. The van der Waals surface area contributed by atoms with Crippen LogP contribution in [0.4, 0.5) is 5.69 Å². The van der Waals surface area contributed by atoms with E-state index in [0.29, 0.717) is 33.7 Å². The van der Waals surface area contributed by atoms with Gasteiger partial charge in [0.05, 0.1) is 18.0 Å². The maximum absolute atomic E-state index is 12.2. The largest absolute Gasteiger partial charge is 0.497 e. The van der Waals surface area contributed by atoms with E-state index in [-0.39, 0.29) is 18.4 Å². The Morgan fingerprint density at radius 2 is 1.77 bits per heavy atom. The summed E-state index contributed by atoms with van der Waals surface area (Å²) in [5, 5.41) is 3.18. The zero-order chi connectivity index (χ0) is 20.9. The van der Waals surface area contributed by atoms with Crippen molar-refractivity contribution < 1.29 is 18.7 Å². The molecule has 0 aliphatic carbocycles. The number of hydrogen-bond acceptors (Lipinski definition) is 6. The number of amides is 1. The number of fused-ring (bicyclic) bond motifs is 1. The van der Waals surface area contributed by atoms with Crippen LogP contribution < -0.4 is 20.4 Å². The van der Waals surface area contributed by atoms with E-state index in [1.807, 2.05) is 0 Å². The second-order valence-corrected chi connectivity index (χ2v) is 6.42. The minimum Gasteiger partial charge on any atom is -0.497 e. The summed E-state index contributed by atoms with van der Waals surface area (Å²) in [5.74, 6) is 1.12. The molecular weight excluding hydrogens is 384 g/mol. The number of para-hydroxylation sites is 1. The van der Waals surface area contributed by atoms with Crippen LogP contribution in [0.2, 0.25) is 0 Å². The van der Waals surface area contributed by atoms with Crippen LogP contribution in [0, 0.1) is 0 Å². The molecule has 0 atom stereocenters. The minimum absolute atomic E-state index is 0.153. The van der Waals surface area contributed by atoms with Gasteiger partial charge in [-0.1, -0.05) is 18.2 Å². The molecule has 0 aliphatic rings. The zero-order valence-corrected chi connectivity index (χ0v) is 16.1. The summed E-state index contributed by atoms with van der Waals surface area (Å²) in [7, 11) is 1.58. The highest BCUT2D eigenvalue weighted by atomic mass is 16.5. The van der Waals surface area contributed by atoms with Crippen LogP contribution in [-0.4, -0.2) is 24.6 Å². The molecule has 150 valence electrons. The van der Waals surface area contributed by atoms with Crippen molar-refractivity contribution >= 4 is 22.5 Å². The number of aromatic nitrogens is 1. The number of hydrogen-bond donors (Lipinski definition) is 1. The predicted octanol–water partition coefficient (Wildman–Crippen LogP) is 3.88. The van der Waals surface area contributed by atoms with E-state index < -0.39 is 5.63 Å². The number of nitrogens with zero attached hydrogens (tertiary/aromatic N) is 1. The van der Waals surface area contributed by atoms with Crippen molar-refractivity contribution in [1.82, 2.24) is 4.98 Å². The van der Waals surface area contributed by atoms with E-state index in [0.717, 1.165) is 0 Å². The zero-order valence-electron chi connectivity index (χ0n) is 16.1. The van der Waals surface area contributed by atoms with Gasteiger partial charge in [0, 0.05) is 11.3 Å². The molecule has 3 aromatic carbocycles. The molecule has 1 amide bonds. The maximum Gasteiger partial charge on any atom is 0.347 e. The van der Waals surface area contributed by atoms with Gasteiger partial charge in [0.1, 0.15) is 11.5 Å². The van der Waals surface area contributed by atoms with Crippen molar-refractivity contribution in [2.24, 2.45) is 0 Å². The molecule has 0 bridgehead atoms. The van der Waals surface area contributed by atoms with Gasteiger partial charge in [0.2, 0.25) is 5.89 Å². The van der Waals surface area contributed by atoms with E-state index in [2.05, 4.69) is 10.3 Å². The van der Waals surface area contributed by atoms with E-state index in [1.54, 1.807) is 79.9 Å². The van der Waals surface area contributed by atoms with Gasteiger partial charge < -0.3 is 19.2 Å². The molecule has 1 aromatic heterocycles. The summed E-state index contributed by atoms with van der Waals surface area (Å²) in [4.78, 5) is 28.8. The second kappa shape index (κ2) is 8.48. The second-order valence-electron chi connectivity index (χ2n) is 6.42. The monoisotopic (exact) mass is 402 g/mol. The molecule has 7 heteroatoms. The molecule has 0 saturated heterocycles. The molecular formula is C23H18N2O5. The average Bonchev–Trinajstić information content (AvgIpc) is 2.78. The number of methoxy groups -OCH3 is 1. The van der Waals surface area contributed by atoms with Crippen molar-refractivity contribution in [1.29, 1.82) is 0 Å². The molecule has 4 rings (SSSR count). The Labute approximate surface area is 171 Å². The number of rotatable bonds is 6. The van der Waals surface area contributed by atoms with Crippen molar-refractivity contribution in [3.05, 3.63) is 83.2 Å². The van der Waals surface area contributed by atoms with Crippen LogP contribution in [-0.2, 0) is 4.79 Å². The quantitative estimate of drug-likeness (QED) is 0.526. The summed E-state index contributed by atoms with van der Waals surface area (Å²) in [6, 6.07) is 20.8. The third-order valence-electron chi connectivity index (χ3n) is 4.36. The molecule has 1 heterocycles. The SMILES string of the molecule is COc1ccc(OCC(=O)Nc2cccc(-c3nc4ccccc4c(=O)o3)c2)cc1. The van der Waals surface area contributed by atoms with Crippen LogP contribution in [0.1, 0.15) is 0 Å². The highest BCUT2D eigenvalue weighted by molar-refractivity contribution is 5.92. The Hall–Kier alpha value is -4.13. The lowest BCUT2D eigenvalue weighted by atomic mass is 10.2. The van der Waals surface area contributed by atoms with Gasteiger partial charge in [-0.15, -0.1) is 0 Å². The Bertz CT molecular complexity index is 1250. The standard InChI is InChI=1S/C23H18N2O5/c1-28-17-9-11-18(12-10-17)29-14-21(26)24-16-6-4-5-15(13-16)22-25-20-8-3-2-7-19(20)23(27)30-22/h2-13H,14H2,1H3,(H,24,26). The highest BCUT2D eigenvalue weighted by Gasteiger charge is 2.10. The first-order chi connectivity index (χ1) is 14.6. The Kier molecular flexibility index (Phi) is 5.43. The highest BCUT2D eigenvalue weighted by Crippen LogP contribution is 2.22. The number of nitrogens with one attached hydrogen (secondary N) is 1. The summed E-state index contributed by atoms with van der Waals surface area (Å²) in [5.41, 5.74) is 1.20. The van der Waals surface area contributed by atoms with Gasteiger partial charge in [-0.3, -0.25) is 4.79 Å². The van der Waals surface area contributed by atoms with Gasteiger partial charge >= 0.3 is 5.63 Å². The number of anilines is 1. The molecule has 0 spiro atoms. The Morgan fingerprint density at radius 3 is 2.57 bits per heavy atom. The normalized spacial score (nSPS) is 10.6. The lowest BCUT2D eigenvalue weighted by Crippen LogP contribution is -2.20.